The molecule has 26 heavy (non-hydrogen) atoms. The Bertz CT molecular complexity index is 807. The Morgan fingerprint density at radius 3 is 2.54 bits per heavy atom. The van der Waals surface area contributed by atoms with Crippen LogP contribution in [0.3, 0.4) is 0 Å². The predicted octanol–water partition coefficient (Wildman–Crippen LogP) is 4.01. The molecule has 1 aliphatic rings. The van der Waals surface area contributed by atoms with Gasteiger partial charge in [0.2, 0.25) is 0 Å². The number of hydrogen-bond acceptors (Lipinski definition) is 3. The Morgan fingerprint density at radius 1 is 1.12 bits per heavy atom. The minimum absolute atomic E-state index is 0.341. The number of likely N-dealkylation sites (N-methyl/N-ethyl adjacent to an activating group) is 1. The summed E-state index contributed by atoms with van der Waals surface area (Å²) in [4.78, 5) is 16.9. The van der Waals surface area contributed by atoms with Crippen molar-refractivity contribution in [2.45, 2.75) is 6.92 Å². The summed E-state index contributed by atoms with van der Waals surface area (Å²) in [5, 5.41) is 3.13. The molecule has 2 aromatic carbocycles. The number of piperazine rings is 1. The van der Waals surface area contributed by atoms with Gasteiger partial charge in [-0.15, -0.1) is 0 Å². The maximum Gasteiger partial charge on any atom is 0.258 e. The number of halogens is 3. The van der Waals surface area contributed by atoms with E-state index in [0.717, 1.165) is 56.6 Å². The maximum atomic E-state index is 13.9. The van der Waals surface area contributed by atoms with Gasteiger partial charge < -0.3 is 15.1 Å². The highest BCUT2D eigenvalue weighted by Gasteiger charge is 2.20. The Balaban J connectivity index is 1.84. The molecule has 4 nitrogen and oxygen atoms in total. The van der Waals surface area contributed by atoms with Crippen LogP contribution < -0.4 is 10.2 Å². The average molecular weight is 380 g/mol. The lowest BCUT2D eigenvalue weighted by Crippen LogP contribution is -2.46. The normalized spacial score (nSPS) is 15.2. The van der Waals surface area contributed by atoms with Crippen molar-refractivity contribution in [1.82, 2.24) is 4.90 Å². The van der Waals surface area contributed by atoms with Gasteiger partial charge in [-0.25, -0.2) is 8.78 Å². The zero-order valence-corrected chi connectivity index (χ0v) is 15.2. The summed E-state index contributed by atoms with van der Waals surface area (Å²) >= 11 is 6.08. The largest absolute Gasteiger partial charge is 0.367 e. The Kier molecular flexibility index (Phi) is 5.74. The Labute approximate surface area is 156 Å². The first-order valence-corrected chi connectivity index (χ1v) is 8.89. The molecule has 0 atom stereocenters. The van der Waals surface area contributed by atoms with E-state index in [1.165, 1.54) is 0 Å². The lowest BCUT2D eigenvalue weighted by atomic mass is 10.1. The van der Waals surface area contributed by atoms with E-state index in [9.17, 15) is 13.6 Å². The van der Waals surface area contributed by atoms with Gasteiger partial charge in [0, 0.05) is 31.2 Å². The molecule has 0 aromatic heterocycles. The number of anilines is 2. The van der Waals surface area contributed by atoms with Crippen LogP contribution in [0.5, 0.6) is 0 Å². The van der Waals surface area contributed by atoms with Crippen LogP contribution in [0.1, 0.15) is 17.3 Å². The summed E-state index contributed by atoms with van der Waals surface area (Å²) < 4.78 is 27.2. The first-order valence-electron chi connectivity index (χ1n) is 8.51. The first-order chi connectivity index (χ1) is 12.5. The van der Waals surface area contributed by atoms with E-state index < -0.39 is 17.5 Å². The molecule has 0 saturated carbocycles. The smallest absolute Gasteiger partial charge is 0.258 e. The van der Waals surface area contributed by atoms with Gasteiger partial charge in [-0.1, -0.05) is 18.5 Å². The molecule has 3 rings (SSSR count). The van der Waals surface area contributed by atoms with Gasteiger partial charge in [0.15, 0.2) is 0 Å². The molecule has 0 bridgehead atoms. The molecule has 2 aromatic rings. The number of benzene rings is 2. The summed E-state index contributed by atoms with van der Waals surface area (Å²) in [6.07, 6.45) is 0. The highest BCUT2D eigenvalue weighted by atomic mass is 35.5. The second-order valence-electron chi connectivity index (χ2n) is 6.16. The summed E-state index contributed by atoms with van der Waals surface area (Å²) in [6.45, 7) is 6.59. The van der Waals surface area contributed by atoms with Gasteiger partial charge in [0.1, 0.15) is 11.6 Å². The van der Waals surface area contributed by atoms with Crippen LogP contribution in [-0.4, -0.2) is 43.5 Å². The van der Waals surface area contributed by atoms with Crippen molar-refractivity contribution in [2.75, 3.05) is 42.9 Å². The van der Waals surface area contributed by atoms with Crippen LogP contribution in [0, 0.1) is 11.6 Å². The van der Waals surface area contributed by atoms with Gasteiger partial charge in [0.25, 0.3) is 5.91 Å². The standard InChI is InChI=1S/C19H20ClF2N3O/c1-2-24-7-9-25(10-8-24)18-6-3-13(20)11-17(18)23-19(26)15-12-14(21)4-5-16(15)22/h3-6,11-12H,2,7-10H2,1H3,(H,23,26). The lowest BCUT2D eigenvalue weighted by Gasteiger charge is -2.36. The van der Waals surface area contributed by atoms with Crippen molar-refractivity contribution in [3.8, 4) is 0 Å². The molecular formula is C19H20ClF2N3O. The van der Waals surface area contributed by atoms with Crippen LogP contribution in [0.4, 0.5) is 20.2 Å². The monoisotopic (exact) mass is 379 g/mol. The van der Waals surface area contributed by atoms with E-state index in [2.05, 4.69) is 22.0 Å². The molecule has 138 valence electrons. The first kappa shape index (κ1) is 18.6. The summed E-state index contributed by atoms with van der Waals surface area (Å²) in [7, 11) is 0. The highest BCUT2D eigenvalue weighted by molar-refractivity contribution is 6.31. The third kappa shape index (κ3) is 4.14. The molecular weight excluding hydrogens is 360 g/mol. The highest BCUT2D eigenvalue weighted by Crippen LogP contribution is 2.30. The number of carbonyl (C=O) groups is 1. The van der Waals surface area contributed by atoms with Gasteiger partial charge in [-0.2, -0.15) is 0 Å². The minimum atomic E-state index is -0.774. The van der Waals surface area contributed by atoms with E-state index in [4.69, 9.17) is 11.6 Å². The predicted molar refractivity (Wildman–Crippen MR) is 100 cm³/mol. The third-order valence-electron chi connectivity index (χ3n) is 4.54. The fourth-order valence-electron chi connectivity index (χ4n) is 3.05. The maximum absolute atomic E-state index is 13.9. The molecule has 0 aliphatic carbocycles. The quantitative estimate of drug-likeness (QED) is 0.871. The van der Waals surface area contributed by atoms with E-state index in [1.807, 2.05) is 6.07 Å². The average Bonchev–Trinajstić information content (AvgIpc) is 2.64. The number of nitrogens with zero attached hydrogens (tertiary/aromatic N) is 2. The van der Waals surface area contributed by atoms with Crippen LogP contribution in [-0.2, 0) is 0 Å². The van der Waals surface area contributed by atoms with Crippen LogP contribution in [0.2, 0.25) is 5.02 Å². The molecule has 0 radical (unpaired) electrons. The molecule has 0 spiro atoms. The van der Waals surface area contributed by atoms with Crippen LogP contribution in [0.25, 0.3) is 0 Å². The van der Waals surface area contributed by atoms with Gasteiger partial charge in [-0.05, 0) is 42.9 Å². The lowest BCUT2D eigenvalue weighted by molar-refractivity contribution is 0.102. The summed E-state index contributed by atoms with van der Waals surface area (Å²) in [6, 6.07) is 8.01. The summed E-state index contributed by atoms with van der Waals surface area (Å²) in [5.41, 5.74) is 0.957. The summed E-state index contributed by atoms with van der Waals surface area (Å²) in [5.74, 6) is -2.15. The zero-order chi connectivity index (χ0) is 18.7. The van der Waals surface area contributed by atoms with Crippen molar-refractivity contribution in [3.63, 3.8) is 0 Å². The van der Waals surface area contributed by atoms with Crippen molar-refractivity contribution < 1.29 is 13.6 Å². The topological polar surface area (TPSA) is 35.6 Å². The zero-order valence-electron chi connectivity index (χ0n) is 14.4. The molecule has 7 heteroatoms. The van der Waals surface area contributed by atoms with Crippen LogP contribution >= 0.6 is 11.6 Å². The van der Waals surface area contributed by atoms with Crippen molar-refractivity contribution in [2.24, 2.45) is 0 Å². The molecule has 1 N–H and O–H groups in total. The van der Waals surface area contributed by atoms with Crippen molar-refractivity contribution in [3.05, 3.63) is 58.6 Å². The Hall–Kier alpha value is -2.18. The van der Waals surface area contributed by atoms with E-state index in [0.29, 0.717) is 10.7 Å². The molecule has 1 fully saturated rings. The molecule has 1 heterocycles. The molecule has 1 aliphatic heterocycles. The van der Waals surface area contributed by atoms with E-state index >= 15 is 0 Å². The molecule has 0 unspecified atom stereocenters. The minimum Gasteiger partial charge on any atom is -0.367 e. The second-order valence-corrected chi connectivity index (χ2v) is 6.60. The second kappa shape index (κ2) is 8.01. The van der Waals surface area contributed by atoms with Crippen molar-refractivity contribution in [1.29, 1.82) is 0 Å². The van der Waals surface area contributed by atoms with E-state index in [-0.39, 0.29) is 5.56 Å². The van der Waals surface area contributed by atoms with Gasteiger partial charge in [-0.3, -0.25) is 4.79 Å². The van der Waals surface area contributed by atoms with Gasteiger partial charge in [0.05, 0.1) is 16.9 Å². The third-order valence-corrected chi connectivity index (χ3v) is 4.78. The number of carbonyl (C=O) groups excluding carboxylic acids is 1. The number of amides is 1. The SMILES string of the molecule is CCN1CCN(c2ccc(Cl)cc2NC(=O)c2cc(F)ccc2F)CC1. The molecule has 1 amide bonds. The number of rotatable bonds is 4. The number of hydrogen-bond donors (Lipinski definition) is 1. The fourth-order valence-corrected chi connectivity index (χ4v) is 3.22. The van der Waals surface area contributed by atoms with Gasteiger partial charge >= 0.3 is 0 Å². The van der Waals surface area contributed by atoms with Crippen LogP contribution in [0.15, 0.2) is 36.4 Å². The fraction of sp³-hybridized carbons (Fsp3) is 0.316. The Morgan fingerprint density at radius 2 is 1.85 bits per heavy atom. The van der Waals surface area contributed by atoms with E-state index in [1.54, 1.807) is 12.1 Å². The van der Waals surface area contributed by atoms with Crippen molar-refractivity contribution >= 4 is 28.9 Å². The molecule has 1 saturated heterocycles. The number of nitrogens with one attached hydrogen (secondary N) is 1.